The van der Waals surface area contributed by atoms with Gasteiger partial charge in [-0.05, 0) is 26.3 Å². The maximum atomic E-state index is 11.8. The Bertz CT molecular complexity index is 510. The number of amides is 2. The van der Waals surface area contributed by atoms with Crippen LogP contribution >= 0.6 is 0 Å². The number of carbonyl (C=O) groups is 2. The lowest BCUT2D eigenvalue weighted by Crippen LogP contribution is -2.64. The number of hydrogen-bond acceptors (Lipinski definition) is 4. The number of carbonyl (C=O) groups excluding carboxylic acids is 2. The van der Waals surface area contributed by atoms with Crippen molar-refractivity contribution in [2.24, 2.45) is 0 Å². The van der Waals surface area contributed by atoms with Crippen LogP contribution in [-0.2, 0) is 21.0 Å². The Hall–Kier alpha value is -2.08. The summed E-state index contributed by atoms with van der Waals surface area (Å²) in [6.07, 6.45) is -0.604. The second kappa shape index (κ2) is 6.13. The summed E-state index contributed by atoms with van der Waals surface area (Å²) >= 11 is 0. The summed E-state index contributed by atoms with van der Waals surface area (Å²) in [5.74, 6) is -0.262. The van der Waals surface area contributed by atoms with E-state index in [1.54, 1.807) is 0 Å². The van der Waals surface area contributed by atoms with E-state index >= 15 is 0 Å². The molecule has 0 spiro atoms. The number of nitrogens with one attached hydrogen (secondary N) is 1. The van der Waals surface area contributed by atoms with E-state index in [1.807, 2.05) is 51.1 Å². The highest BCUT2D eigenvalue weighted by Crippen LogP contribution is 2.18. The van der Waals surface area contributed by atoms with Crippen LogP contribution in [0, 0.1) is 0 Å². The molecule has 6 nitrogen and oxygen atoms in total. The summed E-state index contributed by atoms with van der Waals surface area (Å²) in [4.78, 5) is 28.8. The first kappa shape index (κ1) is 15.3. The molecule has 0 saturated carbocycles. The minimum atomic E-state index is -0.604. The average molecular weight is 292 g/mol. The van der Waals surface area contributed by atoms with Crippen molar-refractivity contribution in [3.05, 3.63) is 35.9 Å². The van der Waals surface area contributed by atoms with Crippen molar-refractivity contribution in [1.29, 1.82) is 0 Å². The van der Waals surface area contributed by atoms with Gasteiger partial charge in [0.05, 0.1) is 12.1 Å². The minimum absolute atomic E-state index is 0.176. The van der Waals surface area contributed by atoms with Crippen LogP contribution in [0.3, 0.4) is 0 Å². The quantitative estimate of drug-likeness (QED) is 0.860. The van der Waals surface area contributed by atoms with Crippen LogP contribution in [0.4, 0.5) is 4.79 Å². The molecule has 114 valence electrons. The summed E-state index contributed by atoms with van der Waals surface area (Å²) < 4.78 is 5.06. The van der Waals surface area contributed by atoms with Gasteiger partial charge >= 0.3 is 6.09 Å². The zero-order valence-electron chi connectivity index (χ0n) is 12.5. The monoisotopic (exact) mass is 292 g/mol. The molecule has 1 aliphatic rings. The summed E-state index contributed by atoms with van der Waals surface area (Å²) in [5.41, 5.74) is 0.458. The fraction of sp³-hybridized carbons (Fsp3) is 0.467. The number of β-lactam (4-membered cyclic amide) rings is 1. The second-order valence-electron chi connectivity index (χ2n) is 5.86. The van der Waals surface area contributed by atoms with Crippen molar-refractivity contribution in [3.63, 3.8) is 0 Å². The predicted molar refractivity (Wildman–Crippen MR) is 76.1 cm³/mol. The Morgan fingerprint density at radius 3 is 2.57 bits per heavy atom. The van der Waals surface area contributed by atoms with Crippen molar-refractivity contribution in [2.45, 2.75) is 39.0 Å². The molecule has 1 heterocycles. The molecule has 1 atom stereocenters. The molecular formula is C15H20N2O4. The molecule has 1 aliphatic heterocycles. The fourth-order valence-electron chi connectivity index (χ4n) is 1.82. The van der Waals surface area contributed by atoms with E-state index in [0.717, 1.165) is 5.56 Å². The highest BCUT2D eigenvalue weighted by Gasteiger charge is 2.41. The smallest absolute Gasteiger partial charge is 0.408 e. The average Bonchev–Trinajstić information content (AvgIpc) is 2.43. The number of rotatable bonds is 4. The van der Waals surface area contributed by atoms with Gasteiger partial charge < -0.3 is 10.1 Å². The van der Waals surface area contributed by atoms with Gasteiger partial charge in [0.15, 0.2) is 0 Å². The lowest BCUT2D eigenvalue weighted by Gasteiger charge is -2.40. The number of hydrogen-bond donors (Lipinski definition) is 1. The summed E-state index contributed by atoms with van der Waals surface area (Å²) in [7, 11) is 0. The van der Waals surface area contributed by atoms with Gasteiger partial charge in [-0.2, -0.15) is 0 Å². The van der Waals surface area contributed by atoms with E-state index in [2.05, 4.69) is 5.32 Å². The molecule has 2 rings (SSSR count). The number of ether oxygens (including phenoxy) is 1. The van der Waals surface area contributed by atoms with Crippen molar-refractivity contribution >= 4 is 12.0 Å². The molecule has 6 heteroatoms. The number of alkyl carbamates (subject to hydrolysis) is 1. The maximum absolute atomic E-state index is 11.8. The molecule has 0 aromatic heterocycles. The molecule has 1 fully saturated rings. The first-order valence-corrected chi connectivity index (χ1v) is 6.83. The summed E-state index contributed by atoms with van der Waals surface area (Å²) in [6, 6.07) is 8.78. The highest BCUT2D eigenvalue weighted by molar-refractivity contribution is 5.90. The van der Waals surface area contributed by atoms with Crippen LogP contribution in [0.25, 0.3) is 0 Å². The third kappa shape index (κ3) is 4.46. The highest BCUT2D eigenvalue weighted by atomic mass is 16.7. The van der Waals surface area contributed by atoms with Crippen LogP contribution in [0.2, 0.25) is 0 Å². The van der Waals surface area contributed by atoms with Gasteiger partial charge in [-0.3, -0.25) is 9.63 Å². The molecule has 0 radical (unpaired) electrons. The lowest BCUT2D eigenvalue weighted by atomic mass is 10.1. The molecule has 1 aromatic rings. The van der Waals surface area contributed by atoms with E-state index in [4.69, 9.17) is 9.57 Å². The van der Waals surface area contributed by atoms with Crippen molar-refractivity contribution in [2.75, 3.05) is 6.54 Å². The molecular weight excluding hydrogens is 272 g/mol. The van der Waals surface area contributed by atoms with Gasteiger partial charge in [0.25, 0.3) is 5.91 Å². The molecule has 1 aromatic carbocycles. The molecule has 21 heavy (non-hydrogen) atoms. The summed E-state index contributed by atoms with van der Waals surface area (Å²) in [5, 5.41) is 3.77. The normalized spacial score (nSPS) is 18.1. The zero-order chi connectivity index (χ0) is 15.5. The minimum Gasteiger partial charge on any atom is -0.445 e. The topological polar surface area (TPSA) is 67.9 Å². The van der Waals surface area contributed by atoms with Gasteiger partial charge in [-0.25, -0.2) is 9.86 Å². The molecule has 0 aliphatic carbocycles. The molecule has 1 unspecified atom stereocenters. The Kier molecular flexibility index (Phi) is 4.47. The lowest BCUT2D eigenvalue weighted by molar-refractivity contribution is -0.251. The van der Waals surface area contributed by atoms with E-state index in [9.17, 15) is 9.59 Å². The molecule has 2 amide bonds. The Balaban J connectivity index is 1.71. The van der Waals surface area contributed by atoms with Gasteiger partial charge in [-0.15, -0.1) is 0 Å². The standard InChI is InChI=1S/C15H20N2O4/c1-15(2,3)21-17-9-12(13(17)18)16-14(19)20-10-11-7-5-4-6-8-11/h4-8,12H,9-10H2,1-3H3,(H,16,19). The number of hydroxylamine groups is 2. The third-order valence-corrected chi connectivity index (χ3v) is 2.78. The van der Waals surface area contributed by atoms with Crippen molar-refractivity contribution < 1.29 is 19.2 Å². The molecule has 1 saturated heterocycles. The van der Waals surface area contributed by atoms with Crippen molar-refractivity contribution in [1.82, 2.24) is 10.4 Å². The van der Waals surface area contributed by atoms with Crippen LogP contribution in [0.1, 0.15) is 26.3 Å². The largest absolute Gasteiger partial charge is 0.445 e. The number of benzene rings is 1. The first-order valence-electron chi connectivity index (χ1n) is 6.83. The second-order valence-corrected chi connectivity index (χ2v) is 5.86. The Morgan fingerprint density at radius 1 is 1.33 bits per heavy atom. The van der Waals surface area contributed by atoms with E-state index < -0.39 is 17.7 Å². The number of nitrogens with zero attached hydrogens (tertiary/aromatic N) is 1. The SMILES string of the molecule is CC(C)(C)ON1CC(NC(=O)OCc2ccccc2)C1=O. The van der Waals surface area contributed by atoms with Crippen molar-refractivity contribution in [3.8, 4) is 0 Å². The predicted octanol–water partition coefficient (Wildman–Crippen LogP) is 1.85. The van der Waals surface area contributed by atoms with Crippen LogP contribution in [0.15, 0.2) is 30.3 Å². The Morgan fingerprint density at radius 2 is 2.00 bits per heavy atom. The molecule has 1 N–H and O–H groups in total. The maximum Gasteiger partial charge on any atom is 0.408 e. The van der Waals surface area contributed by atoms with E-state index in [0.29, 0.717) is 6.54 Å². The first-order chi connectivity index (χ1) is 9.85. The van der Waals surface area contributed by atoms with E-state index in [-0.39, 0.29) is 12.5 Å². The van der Waals surface area contributed by atoms with Crippen LogP contribution in [-0.4, -0.2) is 35.3 Å². The van der Waals surface area contributed by atoms with Gasteiger partial charge in [0.1, 0.15) is 12.6 Å². The van der Waals surface area contributed by atoms with Gasteiger partial charge in [0, 0.05) is 0 Å². The van der Waals surface area contributed by atoms with Gasteiger partial charge in [0.2, 0.25) is 0 Å². The summed E-state index contributed by atoms with van der Waals surface area (Å²) in [6.45, 7) is 6.08. The van der Waals surface area contributed by atoms with E-state index in [1.165, 1.54) is 5.06 Å². The fourth-order valence-corrected chi connectivity index (χ4v) is 1.82. The third-order valence-electron chi connectivity index (χ3n) is 2.78. The Labute approximate surface area is 124 Å². The van der Waals surface area contributed by atoms with Gasteiger partial charge in [-0.1, -0.05) is 30.3 Å². The zero-order valence-corrected chi connectivity index (χ0v) is 12.5. The van der Waals surface area contributed by atoms with Crippen LogP contribution < -0.4 is 5.32 Å². The molecule has 0 bridgehead atoms. The van der Waals surface area contributed by atoms with Crippen LogP contribution in [0.5, 0.6) is 0 Å².